The van der Waals surface area contributed by atoms with Gasteiger partial charge >= 0.3 is 0 Å². The molecule has 1 aromatic carbocycles. The summed E-state index contributed by atoms with van der Waals surface area (Å²) in [5.41, 5.74) is 2.03. The van der Waals surface area contributed by atoms with E-state index in [-0.39, 0.29) is 5.91 Å². The Hall–Kier alpha value is -1.68. The van der Waals surface area contributed by atoms with Gasteiger partial charge in [0.1, 0.15) is 5.82 Å². The van der Waals surface area contributed by atoms with E-state index in [1.165, 1.54) is 0 Å². The third-order valence-corrected chi connectivity index (χ3v) is 3.51. The number of anilines is 1. The summed E-state index contributed by atoms with van der Waals surface area (Å²) in [7, 11) is 0. The minimum atomic E-state index is -0.0196. The van der Waals surface area contributed by atoms with Gasteiger partial charge in [-0.1, -0.05) is 40.2 Å². The lowest BCUT2D eigenvalue weighted by atomic mass is 10.1. The fraction of sp³-hybridized carbons (Fsp3) is 0.200. The van der Waals surface area contributed by atoms with E-state index in [1.807, 2.05) is 43.3 Å². The molecule has 0 aliphatic carbocycles. The van der Waals surface area contributed by atoms with Gasteiger partial charge in [-0.2, -0.15) is 0 Å². The Morgan fingerprint density at radius 1 is 1.21 bits per heavy atom. The zero-order chi connectivity index (χ0) is 13.7. The lowest BCUT2D eigenvalue weighted by Crippen LogP contribution is -2.13. The van der Waals surface area contributed by atoms with Crippen LogP contribution in [0.25, 0.3) is 0 Å². The molecule has 0 aliphatic rings. The standard InChI is InChI=1S/C15H15BrN2O/c1-11-5-4-8-14(17-11)18-15(19)10-9-12-6-2-3-7-13(12)16/h2-8H,9-10H2,1H3,(H,17,18,19). The maximum absolute atomic E-state index is 11.8. The van der Waals surface area contributed by atoms with E-state index in [0.29, 0.717) is 18.7 Å². The molecule has 0 unspecified atom stereocenters. The average molecular weight is 319 g/mol. The first-order chi connectivity index (χ1) is 9.15. The zero-order valence-corrected chi connectivity index (χ0v) is 12.3. The summed E-state index contributed by atoms with van der Waals surface area (Å²) in [4.78, 5) is 16.1. The number of aromatic nitrogens is 1. The van der Waals surface area contributed by atoms with E-state index in [9.17, 15) is 4.79 Å². The quantitative estimate of drug-likeness (QED) is 0.933. The molecule has 0 bridgehead atoms. The summed E-state index contributed by atoms with van der Waals surface area (Å²) in [6.07, 6.45) is 1.15. The van der Waals surface area contributed by atoms with E-state index in [1.54, 1.807) is 6.07 Å². The molecule has 4 heteroatoms. The Morgan fingerprint density at radius 2 is 2.00 bits per heavy atom. The summed E-state index contributed by atoms with van der Waals surface area (Å²) in [6, 6.07) is 13.5. The SMILES string of the molecule is Cc1cccc(NC(=O)CCc2ccccc2Br)n1. The van der Waals surface area contributed by atoms with Gasteiger partial charge < -0.3 is 5.32 Å². The van der Waals surface area contributed by atoms with Crippen molar-refractivity contribution in [2.45, 2.75) is 19.8 Å². The van der Waals surface area contributed by atoms with Crippen LogP contribution in [0.2, 0.25) is 0 Å². The van der Waals surface area contributed by atoms with Crippen LogP contribution in [-0.4, -0.2) is 10.9 Å². The first-order valence-corrected chi connectivity index (χ1v) is 6.91. The number of carbonyl (C=O) groups is 1. The fourth-order valence-electron chi connectivity index (χ4n) is 1.77. The van der Waals surface area contributed by atoms with Crippen LogP contribution >= 0.6 is 15.9 Å². The number of nitrogens with zero attached hydrogens (tertiary/aromatic N) is 1. The van der Waals surface area contributed by atoms with Crippen molar-refractivity contribution in [1.82, 2.24) is 4.98 Å². The first-order valence-electron chi connectivity index (χ1n) is 6.12. The lowest BCUT2D eigenvalue weighted by molar-refractivity contribution is -0.116. The van der Waals surface area contributed by atoms with Gasteiger partial charge in [-0.3, -0.25) is 4.79 Å². The molecule has 2 aromatic rings. The van der Waals surface area contributed by atoms with Gasteiger partial charge in [0.05, 0.1) is 0 Å². The van der Waals surface area contributed by atoms with Crippen LogP contribution in [0.1, 0.15) is 17.7 Å². The summed E-state index contributed by atoms with van der Waals surface area (Å²) in [6.45, 7) is 1.90. The van der Waals surface area contributed by atoms with Crippen LogP contribution < -0.4 is 5.32 Å². The van der Waals surface area contributed by atoms with Crippen molar-refractivity contribution in [1.29, 1.82) is 0 Å². The third-order valence-electron chi connectivity index (χ3n) is 2.74. The highest BCUT2D eigenvalue weighted by Gasteiger charge is 2.05. The number of hydrogen-bond donors (Lipinski definition) is 1. The molecule has 98 valence electrons. The number of benzene rings is 1. The third kappa shape index (κ3) is 4.17. The van der Waals surface area contributed by atoms with E-state index in [2.05, 4.69) is 26.2 Å². The van der Waals surface area contributed by atoms with Gasteiger partial charge in [0, 0.05) is 16.6 Å². The van der Waals surface area contributed by atoms with E-state index in [4.69, 9.17) is 0 Å². The highest BCUT2D eigenvalue weighted by atomic mass is 79.9. The second-order valence-electron chi connectivity index (χ2n) is 4.30. The number of carbonyl (C=O) groups excluding carboxylic acids is 1. The predicted octanol–water partition coefficient (Wildman–Crippen LogP) is 3.72. The Labute approximate surface area is 121 Å². The number of amides is 1. The van der Waals surface area contributed by atoms with Crippen molar-refractivity contribution in [3.8, 4) is 0 Å². The number of pyridine rings is 1. The van der Waals surface area contributed by atoms with Crippen LogP contribution in [0.15, 0.2) is 46.9 Å². The molecule has 0 aliphatic heterocycles. The minimum absolute atomic E-state index is 0.0196. The Balaban J connectivity index is 1.90. The molecule has 0 saturated heterocycles. The fourth-order valence-corrected chi connectivity index (χ4v) is 2.25. The number of halogens is 1. The predicted molar refractivity (Wildman–Crippen MR) is 80.1 cm³/mol. The highest BCUT2D eigenvalue weighted by Crippen LogP contribution is 2.17. The van der Waals surface area contributed by atoms with Gasteiger partial charge in [0.25, 0.3) is 0 Å². The summed E-state index contributed by atoms with van der Waals surface area (Å²) >= 11 is 3.48. The number of rotatable bonds is 4. The smallest absolute Gasteiger partial charge is 0.225 e. The molecule has 1 heterocycles. The Bertz CT molecular complexity index is 584. The van der Waals surface area contributed by atoms with E-state index >= 15 is 0 Å². The molecule has 19 heavy (non-hydrogen) atoms. The van der Waals surface area contributed by atoms with Crippen LogP contribution in [0, 0.1) is 6.92 Å². The minimum Gasteiger partial charge on any atom is -0.311 e. The number of aryl methyl sites for hydroxylation is 2. The first kappa shape index (κ1) is 13.7. The highest BCUT2D eigenvalue weighted by molar-refractivity contribution is 9.10. The van der Waals surface area contributed by atoms with Crippen LogP contribution in [0.3, 0.4) is 0 Å². The summed E-state index contributed by atoms with van der Waals surface area (Å²) in [5, 5.41) is 2.81. The Morgan fingerprint density at radius 3 is 2.74 bits per heavy atom. The van der Waals surface area contributed by atoms with Gasteiger partial charge in [-0.15, -0.1) is 0 Å². The normalized spacial score (nSPS) is 10.2. The van der Waals surface area contributed by atoms with Crippen LogP contribution in [0.4, 0.5) is 5.82 Å². The monoisotopic (exact) mass is 318 g/mol. The lowest BCUT2D eigenvalue weighted by Gasteiger charge is -2.06. The molecule has 1 aromatic heterocycles. The Kier molecular flexibility index (Phi) is 4.68. The largest absolute Gasteiger partial charge is 0.311 e. The van der Waals surface area contributed by atoms with Crippen molar-refractivity contribution in [2.75, 3.05) is 5.32 Å². The number of nitrogens with one attached hydrogen (secondary N) is 1. The molecular weight excluding hydrogens is 304 g/mol. The van der Waals surface area contributed by atoms with Crippen molar-refractivity contribution in [3.05, 3.63) is 58.2 Å². The molecule has 2 rings (SSSR count). The maximum atomic E-state index is 11.8. The summed E-state index contributed by atoms with van der Waals surface area (Å²) < 4.78 is 1.04. The summed E-state index contributed by atoms with van der Waals surface area (Å²) in [5.74, 6) is 0.589. The van der Waals surface area contributed by atoms with Gasteiger partial charge in [0.15, 0.2) is 0 Å². The second kappa shape index (κ2) is 6.48. The number of hydrogen-bond acceptors (Lipinski definition) is 2. The topological polar surface area (TPSA) is 42.0 Å². The molecular formula is C15H15BrN2O. The molecule has 1 N–H and O–H groups in total. The molecule has 0 saturated carbocycles. The molecule has 0 atom stereocenters. The molecule has 0 radical (unpaired) electrons. The van der Waals surface area contributed by atoms with E-state index in [0.717, 1.165) is 15.7 Å². The van der Waals surface area contributed by atoms with E-state index < -0.39 is 0 Å². The van der Waals surface area contributed by atoms with Crippen molar-refractivity contribution < 1.29 is 4.79 Å². The van der Waals surface area contributed by atoms with Crippen LogP contribution in [-0.2, 0) is 11.2 Å². The zero-order valence-electron chi connectivity index (χ0n) is 10.7. The van der Waals surface area contributed by atoms with Gasteiger partial charge in [-0.05, 0) is 37.1 Å². The van der Waals surface area contributed by atoms with Gasteiger partial charge in [0.2, 0.25) is 5.91 Å². The molecule has 1 amide bonds. The second-order valence-corrected chi connectivity index (χ2v) is 5.16. The van der Waals surface area contributed by atoms with Crippen LogP contribution in [0.5, 0.6) is 0 Å². The molecule has 3 nitrogen and oxygen atoms in total. The maximum Gasteiger partial charge on any atom is 0.225 e. The average Bonchev–Trinajstić information content (AvgIpc) is 2.38. The molecule has 0 fully saturated rings. The van der Waals surface area contributed by atoms with Crippen molar-refractivity contribution in [2.24, 2.45) is 0 Å². The molecule has 0 spiro atoms. The van der Waals surface area contributed by atoms with Crippen molar-refractivity contribution >= 4 is 27.7 Å². The van der Waals surface area contributed by atoms with Crippen molar-refractivity contribution in [3.63, 3.8) is 0 Å². The van der Waals surface area contributed by atoms with Gasteiger partial charge in [-0.25, -0.2) is 4.98 Å².